The Labute approximate surface area is 163 Å². The van der Waals surface area contributed by atoms with Gasteiger partial charge in [-0.1, -0.05) is 43.5 Å². The molecule has 1 aliphatic carbocycles. The average Bonchev–Trinajstić information content (AvgIpc) is 3.27. The summed E-state index contributed by atoms with van der Waals surface area (Å²) in [6, 6.07) is 5.73. The first kappa shape index (κ1) is 18.9. The summed E-state index contributed by atoms with van der Waals surface area (Å²) in [4.78, 5) is 18.5. The first-order valence-electron chi connectivity index (χ1n) is 9.45. The maximum Gasteiger partial charge on any atom is 0.248 e. The zero-order valence-electron chi connectivity index (χ0n) is 15.0. The SMILES string of the molecule is O=C(CCC1CCCC1)N=C1S[C@H]2CS(=O)(=O)C[C@H]2N1c1cccc(F)c1. The monoisotopic (exact) mass is 410 g/mol. The molecule has 1 saturated carbocycles. The van der Waals surface area contributed by atoms with Crippen LogP contribution in [-0.2, 0) is 14.6 Å². The number of hydrogen-bond donors (Lipinski definition) is 0. The molecule has 8 heteroatoms. The molecule has 4 rings (SSSR count). The average molecular weight is 411 g/mol. The molecule has 0 unspecified atom stereocenters. The predicted molar refractivity (Wildman–Crippen MR) is 106 cm³/mol. The molecule has 3 aliphatic rings. The van der Waals surface area contributed by atoms with Crippen molar-refractivity contribution in [3.8, 4) is 0 Å². The number of carbonyl (C=O) groups is 1. The van der Waals surface area contributed by atoms with Gasteiger partial charge in [0.05, 0.1) is 17.5 Å². The summed E-state index contributed by atoms with van der Waals surface area (Å²) in [5, 5.41) is 0.335. The lowest BCUT2D eigenvalue weighted by atomic mass is 10.0. The molecule has 3 fully saturated rings. The summed E-state index contributed by atoms with van der Waals surface area (Å²) in [6.07, 6.45) is 6.15. The van der Waals surface area contributed by atoms with Crippen LogP contribution in [0.5, 0.6) is 0 Å². The van der Waals surface area contributed by atoms with Crippen LogP contribution in [0.1, 0.15) is 38.5 Å². The quantitative estimate of drug-likeness (QED) is 0.761. The van der Waals surface area contributed by atoms with E-state index in [4.69, 9.17) is 0 Å². The number of rotatable bonds is 4. The van der Waals surface area contributed by atoms with Gasteiger partial charge in [0.15, 0.2) is 15.0 Å². The fourth-order valence-corrected chi connectivity index (χ4v) is 8.21. The molecule has 1 aromatic rings. The first-order valence-corrected chi connectivity index (χ1v) is 12.1. The summed E-state index contributed by atoms with van der Waals surface area (Å²) >= 11 is 1.33. The highest BCUT2D eigenvalue weighted by molar-refractivity contribution is 8.16. The van der Waals surface area contributed by atoms with Gasteiger partial charge in [-0.25, -0.2) is 12.8 Å². The maximum absolute atomic E-state index is 13.7. The first-order chi connectivity index (χ1) is 12.9. The van der Waals surface area contributed by atoms with E-state index in [9.17, 15) is 17.6 Å². The molecular weight excluding hydrogens is 387 g/mol. The van der Waals surface area contributed by atoms with E-state index in [-0.39, 0.29) is 28.7 Å². The smallest absolute Gasteiger partial charge is 0.248 e. The number of halogens is 1. The molecule has 2 saturated heterocycles. The lowest BCUT2D eigenvalue weighted by Crippen LogP contribution is -2.37. The van der Waals surface area contributed by atoms with Crippen LogP contribution < -0.4 is 4.90 Å². The number of fused-ring (bicyclic) bond motifs is 1. The van der Waals surface area contributed by atoms with Crippen molar-refractivity contribution in [1.29, 1.82) is 0 Å². The van der Waals surface area contributed by atoms with Crippen LogP contribution in [0.15, 0.2) is 29.3 Å². The fourth-order valence-electron chi connectivity index (χ4n) is 4.28. The van der Waals surface area contributed by atoms with E-state index >= 15 is 0 Å². The van der Waals surface area contributed by atoms with E-state index < -0.39 is 15.7 Å². The number of anilines is 1. The van der Waals surface area contributed by atoms with Crippen molar-refractivity contribution in [1.82, 2.24) is 0 Å². The second-order valence-electron chi connectivity index (χ2n) is 7.63. The predicted octanol–water partition coefficient (Wildman–Crippen LogP) is 3.40. The van der Waals surface area contributed by atoms with E-state index in [0.717, 1.165) is 6.42 Å². The molecule has 0 radical (unpaired) electrons. The van der Waals surface area contributed by atoms with Gasteiger partial charge in [-0.05, 0) is 30.5 Å². The molecule has 0 N–H and O–H groups in total. The molecule has 0 spiro atoms. The van der Waals surface area contributed by atoms with Crippen molar-refractivity contribution in [2.24, 2.45) is 10.9 Å². The number of benzene rings is 1. The third-order valence-electron chi connectivity index (χ3n) is 5.61. The number of amidine groups is 1. The van der Waals surface area contributed by atoms with Gasteiger partial charge < -0.3 is 4.90 Å². The molecule has 0 bridgehead atoms. The van der Waals surface area contributed by atoms with Gasteiger partial charge in [0, 0.05) is 17.4 Å². The molecule has 0 aromatic heterocycles. The maximum atomic E-state index is 13.7. The van der Waals surface area contributed by atoms with Gasteiger partial charge in [0.2, 0.25) is 5.91 Å². The van der Waals surface area contributed by atoms with Crippen molar-refractivity contribution in [3.05, 3.63) is 30.1 Å². The van der Waals surface area contributed by atoms with E-state index in [1.807, 2.05) is 0 Å². The van der Waals surface area contributed by atoms with Gasteiger partial charge in [-0.15, -0.1) is 0 Å². The van der Waals surface area contributed by atoms with Crippen molar-refractivity contribution in [3.63, 3.8) is 0 Å². The Bertz CT molecular complexity index is 865. The Balaban J connectivity index is 1.55. The standard InChI is InChI=1S/C19H23FN2O3S2/c20-14-6-3-7-15(10-14)22-16-11-27(24,25)12-17(16)26-19(22)21-18(23)9-8-13-4-1-2-5-13/h3,6-7,10,13,16-17H,1-2,4-5,8-9,11-12H2/t16-,17+/m1/s1. The van der Waals surface area contributed by atoms with Crippen LogP contribution in [0.3, 0.4) is 0 Å². The Hall–Kier alpha value is -1.41. The molecule has 146 valence electrons. The Kier molecular flexibility index (Phi) is 5.29. The van der Waals surface area contributed by atoms with Gasteiger partial charge in [-0.2, -0.15) is 4.99 Å². The minimum Gasteiger partial charge on any atom is -0.315 e. The summed E-state index contributed by atoms with van der Waals surface area (Å²) in [5.41, 5.74) is 0.550. The largest absolute Gasteiger partial charge is 0.315 e. The molecule has 1 amide bonds. The minimum atomic E-state index is -3.13. The fraction of sp³-hybridized carbons (Fsp3) is 0.579. The highest BCUT2D eigenvalue weighted by Crippen LogP contribution is 2.41. The number of amides is 1. The van der Waals surface area contributed by atoms with Crippen molar-refractivity contribution in [2.75, 3.05) is 16.4 Å². The van der Waals surface area contributed by atoms with Crippen LogP contribution in [0, 0.1) is 11.7 Å². The third kappa shape index (κ3) is 4.21. The van der Waals surface area contributed by atoms with Gasteiger partial charge in [0.25, 0.3) is 0 Å². The molecule has 2 atom stereocenters. The third-order valence-corrected chi connectivity index (χ3v) is 8.82. The number of thioether (sulfide) groups is 1. The second-order valence-corrected chi connectivity index (χ2v) is 11.0. The molecule has 27 heavy (non-hydrogen) atoms. The number of sulfone groups is 1. The van der Waals surface area contributed by atoms with Gasteiger partial charge >= 0.3 is 0 Å². The van der Waals surface area contributed by atoms with E-state index in [2.05, 4.69) is 4.99 Å². The molecule has 1 aromatic carbocycles. The van der Waals surface area contributed by atoms with Crippen LogP contribution in [0.2, 0.25) is 0 Å². The topological polar surface area (TPSA) is 66.8 Å². The minimum absolute atomic E-state index is 0.0104. The summed E-state index contributed by atoms with van der Waals surface area (Å²) in [6.45, 7) is 0. The van der Waals surface area contributed by atoms with Gasteiger partial charge in [0.1, 0.15) is 5.82 Å². The van der Waals surface area contributed by atoms with E-state index in [0.29, 0.717) is 23.2 Å². The lowest BCUT2D eigenvalue weighted by Gasteiger charge is -2.24. The number of aliphatic imine (C=N–C) groups is 1. The van der Waals surface area contributed by atoms with E-state index in [1.165, 1.54) is 49.6 Å². The zero-order valence-corrected chi connectivity index (χ0v) is 16.6. The van der Waals surface area contributed by atoms with Crippen LogP contribution in [-0.4, -0.2) is 42.3 Å². The Morgan fingerprint density at radius 3 is 2.78 bits per heavy atom. The lowest BCUT2D eigenvalue weighted by molar-refractivity contribution is -0.118. The summed E-state index contributed by atoms with van der Waals surface area (Å²) in [5.74, 6) is 0.136. The van der Waals surface area contributed by atoms with Crippen molar-refractivity contribution >= 4 is 38.4 Å². The van der Waals surface area contributed by atoms with Crippen LogP contribution >= 0.6 is 11.8 Å². The molecule has 2 heterocycles. The molecule has 2 aliphatic heterocycles. The van der Waals surface area contributed by atoms with Gasteiger partial charge in [-0.3, -0.25) is 4.79 Å². The Morgan fingerprint density at radius 2 is 2.04 bits per heavy atom. The van der Waals surface area contributed by atoms with Crippen molar-refractivity contribution in [2.45, 2.75) is 49.8 Å². The number of nitrogens with zero attached hydrogens (tertiary/aromatic N) is 2. The van der Waals surface area contributed by atoms with Crippen LogP contribution in [0.4, 0.5) is 10.1 Å². The normalized spacial score (nSPS) is 28.8. The summed E-state index contributed by atoms with van der Waals surface area (Å²) in [7, 11) is -3.13. The Morgan fingerprint density at radius 1 is 1.26 bits per heavy atom. The second kappa shape index (κ2) is 7.54. The van der Waals surface area contributed by atoms with E-state index in [1.54, 1.807) is 17.0 Å². The van der Waals surface area contributed by atoms with Crippen LogP contribution in [0.25, 0.3) is 0 Å². The highest BCUT2D eigenvalue weighted by Gasteiger charge is 2.49. The zero-order chi connectivity index (χ0) is 19.0. The highest BCUT2D eigenvalue weighted by atomic mass is 32.2. The molecule has 5 nitrogen and oxygen atoms in total. The number of hydrogen-bond acceptors (Lipinski definition) is 4. The number of carbonyl (C=O) groups excluding carboxylic acids is 1. The van der Waals surface area contributed by atoms with Crippen molar-refractivity contribution < 1.29 is 17.6 Å². The molecular formula is C19H23FN2O3S2. The summed E-state index contributed by atoms with van der Waals surface area (Å²) < 4.78 is 37.8.